The number of nitrogens with zero attached hydrogens (tertiary/aromatic N) is 1. The largest absolute Gasteiger partial charge is 0.441 e. The standard InChI is InChI=1S/C9H6ClNO2/c1-5-11-9-7(13-5)3-2-6(4-12)8(9)10/h2-4H,1H3. The molecule has 4 heteroatoms. The Morgan fingerprint density at radius 1 is 1.54 bits per heavy atom. The number of hydrogen-bond acceptors (Lipinski definition) is 3. The third-order valence-corrected chi connectivity index (χ3v) is 2.16. The van der Waals surface area contributed by atoms with Crippen molar-refractivity contribution in [2.24, 2.45) is 0 Å². The number of aromatic nitrogens is 1. The van der Waals surface area contributed by atoms with Crippen LogP contribution in [-0.4, -0.2) is 11.3 Å². The molecule has 1 aromatic carbocycles. The third kappa shape index (κ3) is 1.21. The number of aryl methyl sites for hydroxylation is 1. The van der Waals surface area contributed by atoms with Crippen LogP contribution < -0.4 is 0 Å². The van der Waals surface area contributed by atoms with E-state index in [0.29, 0.717) is 33.9 Å². The normalized spacial score (nSPS) is 10.6. The van der Waals surface area contributed by atoms with Crippen LogP contribution >= 0.6 is 11.6 Å². The highest BCUT2D eigenvalue weighted by Crippen LogP contribution is 2.26. The summed E-state index contributed by atoms with van der Waals surface area (Å²) in [5.74, 6) is 0.542. The van der Waals surface area contributed by atoms with Crippen molar-refractivity contribution in [2.75, 3.05) is 0 Å². The first-order valence-corrected chi connectivity index (χ1v) is 4.11. The van der Waals surface area contributed by atoms with Gasteiger partial charge >= 0.3 is 0 Å². The van der Waals surface area contributed by atoms with Crippen LogP contribution in [0.3, 0.4) is 0 Å². The molecule has 2 aromatic rings. The van der Waals surface area contributed by atoms with Crippen LogP contribution in [0.2, 0.25) is 5.02 Å². The van der Waals surface area contributed by atoms with E-state index in [-0.39, 0.29) is 0 Å². The average Bonchev–Trinajstić information content (AvgIpc) is 2.47. The molecule has 3 nitrogen and oxygen atoms in total. The lowest BCUT2D eigenvalue weighted by atomic mass is 10.2. The zero-order valence-electron chi connectivity index (χ0n) is 6.87. The van der Waals surface area contributed by atoms with Gasteiger partial charge in [-0.25, -0.2) is 4.98 Å². The van der Waals surface area contributed by atoms with Crippen molar-refractivity contribution in [2.45, 2.75) is 6.92 Å². The van der Waals surface area contributed by atoms with Crippen molar-refractivity contribution < 1.29 is 9.21 Å². The molecule has 0 radical (unpaired) electrons. The lowest BCUT2D eigenvalue weighted by Crippen LogP contribution is -1.82. The molecular weight excluding hydrogens is 190 g/mol. The van der Waals surface area contributed by atoms with Gasteiger partial charge in [-0.2, -0.15) is 0 Å². The highest BCUT2D eigenvalue weighted by Gasteiger charge is 2.09. The summed E-state index contributed by atoms with van der Waals surface area (Å²) in [5.41, 5.74) is 1.58. The summed E-state index contributed by atoms with van der Waals surface area (Å²) in [6.07, 6.45) is 0.700. The second-order valence-corrected chi connectivity index (χ2v) is 3.04. The van der Waals surface area contributed by atoms with Crippen molar-refractivity contribution in [3.8, 4) is 0 Å². The molecule has 2 rings (SSSR count). The van der Waals surface area contributed by atoms with Gasteiger partial charge in [0.25, 0.3) is 0 Å². The Kier molecular flexibility index (Phi) is 1.81. The zero-order chi connectivity index (χ0) is 9.42. The molecule has 0 aliphatic heterocycles. The minimum absolute atomic E-state index is 0.351. The summed E-state index contributed by atoms with van der Waals surface area (Å²) in [5, 5.41) is 0.351. The fourth-order valence-electron chi connectivity index (χ4n) is 1.18. The molecule has 0 spiro atoms. The Morgan fingerprint density at radius 3 is 3.00 bits per heavy atom. The number of oxazole rings is 1. The smallest absolute Gasteiger partial charge is 0.192 e. The first kappa shape index (κ1) is 8.26. The van der Waals surface area contributed by atoms with Gasteiger partial charge in [-0.1, -0.05) is 11.6 Å². The maximum absolute atomic E-state index is 10.5. The van der Waals surface area contributed by atoms with Gasteiger partial charge in [0, 0.05) is 12.5 Å². The van der Waals surface area contributed by atoms with Crippen LogP contribution in [0.1, 0.15) is 16.2 Å². The maximum Gasteiger partial charge on any atom is 0.192 e. The molecular formula is C9H6ClNO2. The Morgan fingerprint density at radius 2 is 2.31 bits per heavy atom. The summed E-state index contributed by atoms with van der Waals surface area (Å²) >= 11 is 5.90. The molecule has 0 amide bonds. The summed E-state index contributed by atoms with van der Waals surface area (Å²) in [7, 11) is 0. The number of rotatable bonds is 1. The fraction of sp³-hybridized carbons (Fsp3) is 0.111. The quantitative estimate of drug-likeness (QED) is 0.657. The Bertz CT molecular complexity index is 476. The lowest BCUT2D eigenvalue weighted by Gasteiger charge is -1.93. The number of carbonyl (C=O) groups excluding carboxylic acids is 1. The van der Waals surface area contributed by atoms with E-state index in [1.165, 1.54) is 0 Å². The number of hydrogen-bond donors (Lipinski definition) is 0. The Hall–Kier alpha value is -1.35. The SMILES string of the molecule is Cc1nc2c(Cl)c(C=O)ccc2o1. The van der Waals surface area contributed by atoms with E-state index in [4.69, 9.17) is 16.0 Å². The molecule has 1 heterocycles. The summed E-state index contributed by atoms with van der Waals surface area (Å²) in [6.45, 7) is 1.73. The molecule has 0 aliphatic carbocycles. The van der Waals surface area contributed by atoms with E-state index in [1.54, 1.807) is 19.1 Å². The average molecular weight is 196 g/mol. The van der Waals surface area contributed by atoms with Crippen molar-refractivity contribution in [1.29, 1.82) is 0 Å². The number of aldehydes is 1. The second kappa shape index (κ2) is 2.85. The topological polar surface area (TPSA) is 43.1 Å². The summed E-state index contributed by atoms with van der Waals surface area (Å²) < 4.78 is 5.24. The molecule has 1 aromatic heterocycles. The highest BCUT2D eigenvalue weighted by atomic mass is 35.5. The van der Waals surface area contributed by atoms with Gasteiger partial charge < -0.3 is 4.42 Å². The molecule has 66 valence electrons. The van der Waals surface area contributed by atoms with Gasteiger partial charge in [0.15, 0.2) is 17.8 Å². The van der Waals surface area contributed by atoms with Crippen molar-refractivity contribution in [3.05, 3.63) is 28.6 Å². The zero-order valence-corrected chi connectivity index (χ0v) is 7.63. The summed E-state index contributed by atoms with van der Waals surface area (Å²) in [6, 6.07) is 3.30. The van der Waals surface area contributed by atoms with Crippen LogP contribution in [0.4, 0.5) is 0 Å². The van der Waals surface area contributed by atoms with E-state index < -0.39 is 0 Å². The van der Waals surface area contributed by atoms with Crippen LogP contribution in [0.5, 0.6) is 0 Å². The van der Waals surface area contributed by atoms with E-state index in [9.17, 15) is 4.79 Å². The Balaban J connectivity index is 2.85. The fourth-order valence-corrected chi connectivity index (χ4v) is 1.42. The van der Waals surface area contributed by atoms with E-state index in [1.807, 2.05) is 0 Å². The van der Waals surface area contributed by atoms with Gasteiger partial charge in [-0.05, 0) is 12.1 Å². The molecule has 0 fully saturated rings. The van der Waals surface area contributed by atoms with Gasteiger partial charge in [-0.3, -0.25) is 4.79 Å². The first-order chi connectivity index (χ1) is 6.22. The molecule has 0 bridgehead atoms. The molecule has 0 saturated carbocycles. The molecule has 0 atom stereocenters. The predicted octanol–water partition coefficient (Wildman–Crippen LogP) is 2.60. The predicted molar refractivity (Wildman–Crippen MR) is 49.1 cm³/mol. The highest BCUT2D eigenvalue weighted by molar-refractivity contribution is 6.37. The molecule has 13 heavy (non-hydrogen) atoms. The Labute approximate surface area is 79.3 Å². The van der Waals surface area contributed by atoms with Crippen LogP contribution in [-0.2, 0) is 0 Å². The van der Waals surface area contributed by atoms with E-state index in [0.717, 1.165) is 0 Å². The van der Waals surface area contributed by atoms with Crippen LogP contribution in [0.25, 0.3) is 11.1 Å². The number of benzene rings is 1. The summed E-state index contributed by atoms with van der Waals surface area (Å²) in [4.78, 5) is 14.6. The van der Waals surface area contributed by atoms with E-state index >= 15 is 0 Å². The van der Waals surface area contributed by atoms with Crippen molar-refractivity contribution >= 4 is 29.0 Å². The van der Waals surface area contributed by atoms with Gasteiger partial charge in [0.05, 0.1) is 5.02 Å². The van der Waals surface area contributed by atoms with E-state index in [2.05, 4.69) is 4.98 Å². The van der Waals surface area contributed by atoms with Crippen molar-refractivity contribution in [1.82, 2.24) is 4.98 Å². The number of carbonyl (C=O) groups is 1. The first-order valence-electron chi connectivity index (χ1n) is 3.73. The second-order valence-electron chi connectivity index (χ2n) is 2.67. The van der Waals surface area contributed by atoms with Gasteiger partial charge in [0.2, 0.25) is 0 Å². The van der Waals surface area contributed by atoms with Gasteiger partial charge in [0.1, 0.15) is 5.52 Å². The van der Waals surface area contributed by atoms with Crippen LogP contribution in [0.15, 0.2) is 16.5 Å². The van der Waals surface area contributed by atoms with Gasteiger partial charge in [-0.15, -0.1) is 0 Å². The number of halogens is 1. The minimum Gasteiger partial charge on any atom is -0.441 e. The maximum atomic E-state index is 10.5. The lowest BCUT2D eigenvalue weighted by molar-refractivity contribution is 0.112. The minimum atomic E-state index is 0.351. The molecule has 0 saturated heterocycles. The monoisotopic (exact) mass is 195 g/mol. The number of fused-ring (bicyclic) bond motifs is 1. The molecule has 0 N–H and O–H groups in total. The molecule has 0 unspecified atom stereocenters. The van der Waals surface area contributed by atoms with Crippen LogP contribution in [0, 0.1) is 6.92 Å². The molecule has 0 aliphatic rings. The van der Waals surface area contributed by atoms with Crippen molar-refractivity contribution in [3.63, 3.8) is 0 Å². The third-order valence-electron chi connectivity index (χ3n) is 1.76.